The van der Waals surface area contributed by atoms with Crippen molar-refractivity contribution in [3.8, 4) is 10.4 Å². The van der Waals surface area contributed by atoms with Crippen LogP contribution in [0.5, 0.6) is 0 Å². The van der Waals surface area contributed by atoms with Crippen molar-refractivity contribution in [2.75, 3.05) is 0 Å². The second-order valence-corrected chi connectivity index (χ2v) is 7.35. The van der Waals surface area contributed by atoms with Crippen LogP contribution in [0.15, 0.2) is 61.2 Å². The molecule has 6 heteroatoms. The van der Waals surface area contributed by atoms with Gasteiger partial charge in [0.05, 0.1) is 0 Å². The fourth-order valence-corrected chi connectivity index (χ4v) is 3.69. The van der Waals surface area contributed by atoms with Gasteiger partial charge in [0.15, 0.2) is 0 Å². The predicted molar refractivity (Wildman–Crippen MR) is 114 cm³/mol. The summed E-state index contributed by atoms with van der Waals surface area (Å²) in [5.41, 5.74) is 5.81. The van der Waals surface area contributed by atoms with Gasteiger partial charge in [0.25, 0.3) is 0 Å². The third-order valence-electron chi connectivity index (χ3n) is 4.29. The Labute approximate surface area is 272 Å². The number of hydrogen-bond donors (Lipinski definition) is 1. The fourth-order valence-electron chi connectivity index (χ4n) is 2.65. The quantitative estimate of drug-likeness (QED) is 0.410. The minimum Gasteiger partial charge on any atom is -0.665 e. The van der Waals surface area contributed by atoms with E-state index in [4.69, 9.17) is 9.90 Å². The Morgan fingerprint density at radius 3 is 2.43 bits per heavy atom. The first-order valence-corrected chi connectivity index (χ1v) is 9.29. The van der Waals surface area contributed by atoms with Crippen molar-refractivity contribution in [2.45, 2.75) is 20.3 Å². The molecule has 0 aliphatic rings. The van der Waals surface area contributed by atoms with Gasteiger partial charge in [-0.3, -0.25) is 11.3 Å². The van der Waals surface area contributed by atoms with Crippen molar-refractivity contribution in [1.29, 1.82) is 0 Å². The molecule has 0 unspecified atom stereocenters. The fraction of sp³-hybridized carbons (Fsp3) is 0.125. The normalized spacial score (nSPS) is 8.87. The monoisotopic (exact) mass is 735 g/mol. The summed E-state index contributed by atoms with van der Waals surface area (Å²) in [7, 11) is 0. The van der Waals surface area contributed by atoms with Crippen LogP contribution in [0.25, 0.3) is 16.0 Å². The number of aryl methyl sites for hydroxylation is 1. The van der Waals surface area contributed by atoms with E-state index < -0.39 is 0 Å². The van der Waals surface area contributed by atoms with Crippen LogP contribution in [0, 0.1) is 25.8 Å². The molecule has 2 radical (unpaired) electrons. The van der Waals surface area contributed by atoms with Gasteiger partial charge in [-0.15, -0.1) is 9.75 Å². The maximum absolute atomic E-state index is 8.24. The number of aliphatic hydroxyl groups excluding tert-OH is 1. The number of allylic oxidation sites excluding steroid dienone is 1. The summed E-state index contributed by atoms with van der Waals surface area (Å²) in [5, 5.41) is 6.76. The molecule has 0 aliphatic carbocycles. The molecule has 0 amide bonds. The Hall–Kier alpha value is 0.661. The molecule has 1 heterocycles. The van der Waals surface area contributed by atoms with Crippen molar-refractivity contribution < 1.29 is 121 Å². The van der Waals surface area contributed by atoms with Crippen LogP contribution < -0.4 is 58.2 Å². The summed E-state index contributed by atoms with van der Waals surface area (Å²) < 4.78 is 0. The molecule has 1 aromatic heterocycles. The maximum atomic E-state index is 8.24. The van der Waals surface area contributed by atoms with E-state index in [2.05, 4.69) is 81.9 Å². The van der Waals surface area contributed by atoms with Crippen LogP contribution in [-0.4, -0.2) is 11.6 Å². The number of thiophene rings is 1. The van der Waals surface area contributed by atoms with Gasteiger partial charge in [0, 0.05) is 53.1 Å². The topological polar surface area (TPSA) is 37.3 Å². The average molecular weight is 735 g/mol. The standard InChI is InChI=1S/C23H21S.CHO2.Rb.Re.Y/c1-16-10-11-21(14-17(16)2)19(4)18(3)15-22-12-13-23(24-22)20-8-6-5-7-9-20;2-1-3;;;/h5-11,13-14H,1,4,15H2,2-3H3;(H,2,3);;;/q-3;-1;+1;;. The van der Waals surface area contributed by atoms with Gasteiger partial charge in [-0.1, -0.05) is 62.6 Å². The Morgan fingerprint density at radius 2 is 1.87 bits per heavy atom. The second-order valence-electron chi connectivity index (χ2n) is 6.21. The maximum Gasteiger partial charge on any atom is 1.00 e. The van der Waals surface area contributed by atoms with Crippen molar-refractivity contribution in [3.05, 3.63) is 102 Å². The van der Waals surface area contributed by atoms with Gasteiger partial charge < -0.3 is 9.90 Å². The van der Waals surface area contributed by atoms with Gasteiger partial charge in [0.2, 0.25) is 0 Å². The Morgan fingerprint density at radius 1 is 1.27 bits per heavy atom. The molecule has 0 spiro atoms. The molecule has 150 valence electrons. The van der Waals surface area contributed by atoms with Crippen molar-refractivity contribution in [1.82, 2.24) is 0 Å². The van der Waals surface area contributed by atoms with Gasteiger partial charge in [-0.25, -0.2) is 12.1 Å². The molecule has 1 N–H and O–H groups in total. The van der Waals surface area contributed by atoms with Crippen molar-refractivity contribution in [2.24, 2.45) is 0 Å². The molecule has 0 saturated carbocycles. The van der Waals surface area contributed by atoms with Crippen LogP contribution in [-0.2, 0) is 64.3 Å². The van der Waals surface area contributed by atoms with Crippen LogP contribution >= 0.6 is 11.3 Å². The average Bonchev–Trinajstić information content (AvgIpc) is 3.13. The van der Waals surface area contributed by atoms with E-state index in [1.807, 2.05) is 6.07 Å². The Bertz CT molecular complexity index is 913. The third kappa shape index (κ3) is 10.1. The minimum atomic E-state index is 0. The van der Waals surface area contributed by atoms with E-state index in [9.17, 15) is 0 Å². The molecule has 3 rings (SSSR count). The zero-order chi connectivity index (χ0) is 19.8. The van der Waals surface area contributed by atoms with Crippen LogP contribution in [0.3, 0.4) is 0 Å². The van der Waals surface area contributed by atoms with E-state index in [1.165, 1.54) is 32.4 Å². The Kier molecular flexibility index (Phi) is 18.8. The van der Waals surface area contributed by atoms with Crippen LogP contribution in [0.4, 0.5) is 0 Å². The van der Waals surface area contributed by atoms with Gasteiger partial charge >= 0.3 is 58.2 Å². The van der Waals surface area contributed by atoms with E-state index in [1.54, 1.807) is 11.3 Å². The SMILES string of the molecule is C=C(c1ccc([CH2-])c(C)c1)[C-](C)Cc1[c-]cc(-c2ccccc2)s1.O=[C-]O.[Rb+].[Re].[Y]. The van der Waals surface area contributed by atoms with Gasteiger partial charge in [-0.2, -0.15) is 59.9 Å². The van der Waals surface area contributed by atoms with Crippen LogP contribution in [0.1, 0.15) is 28.5 Å². The summed E-state index contributed by atoms with van der Waals surface area (Å²) in [5.74, 6) is 1.28. The van der Waals surface area contributed by atoms with E-state index in [0.29, 0.717) is 6.47 Å². The molecule has 0 aliphatic heterocycles. The zero-order valence-electron chi connectivity index (χ0n) is 17.5. The largest absolute Gasteiger partial charge is 1.00 e. The summed E-state index contributed by atoms with van der Waals surface area (Å²) >= 11 is 1.81. The first-order valence-electron chi connectivity index (χ1n) is 8.48. The van der Waals surface area contributed by atoms with Crippen molar-refractivity contribution >= 4 is 23.4 Å². The van der Waals surface area contributed by atoms with Gasteiger partial charge in [-0.05, 0) is 0 Å². The first kappa shape index (κ1) is 32.8. The number of benzene rings is 2. The van der Waals surface area contributed by atoms with Gasteiger partial charge in [0.1, 0.15) is 0 Å². The molecule has 0 atom stereocenters. The Balaban J connectivity index is 0. The summed E-state index contributed by atoms with van der Waals surface area (Å²) in [4.78, 5) is 10.7. The molecule has 0 saturated heterocycles. The molecular formula is C24H22O2RbReSY-3. The summed E-state index contributed by atoms with van der Waals surface area (Å²) in [6.45, 7) is 13.1. The molecule has 30 heavy (non-hydrogen) atoms. The molecule has 2 aromatic carbocycles. The van der Waals surface area contributed by atoms with Crippen molar-refractivity contribution in [3.63, 3.8) is 0 Å². The molecule has 0 bridgehead atoms. The van der Waals surface area contributed by atoms with E-state index in [-0.39, 0.29) is 111 Å². The number of rotatable bonds is 5. The molecular weight excluding hydrogens is 713 g/mol. The first-order chi connectivity index (χ1) is 13.0. The molecule has 0 fully saturated rings. The third-order valence-corrected chi connectivity index (χ3v) is 5.37. The van der Waals surface area contributed by atoms with E-state index in [0.717, 1.165) is 17.6 Å². The predicted octanol–water partition coefficient (Wildman–Crippen LogP) is 3.17. The van der Waals surface area contributed by atoms with E-state index >= 15 is 0 Å². The van der Waals surface area contributed by atoms with Crippen LogP contribution in [0.2, 0.25) is 0 Å². The smallest absolute Gasteiger partial charge is 0.665 e. The molecule has 3 aromatic rings. The second kappa shape index (κ2) is 17.2. The molecule has 2 nitrogen and oxygen atoms in total. The number of hydrogen-bond acceptors (Lipinski definition) is 2. The minimum absolute atomic E-state index is 0. The summed E-state index contributed by atoms with van der Waals surface area (Å²) in [6, 6.07) is 22.3. The zero-order valence-corrected chi connectivity index (χ0v) is 28.8. The summed E-state index contributed by atoms with van der Waals surface area (Å²) in [6.07, 6.45) is 0.890.